The third-order valence-electron chi connectivity index (χ3n) is 4.76. The molecule has 4 rings (SSSR count). The topological polar surface area (TPSA) is 77.4 Å². The fourth-order valence-electron chi connectivity index (χ4n) is 3.36. The SMILES string of the molecule is OC1(c2ccc(-c3cccnn3)cn2)CCC2(CC1)OCCO2.[HH]. The first kappa shape index (κ1) is 14.7. The highest BCUT2D eigenvalue weighted by Gasteiger charge is 2.46. The van der Waals surface area contributed by atoms with Crippen molar-refractivity contribution >= 4 is 0 Å². The van der Waals surface area contributed by atoms with Crippen molar-refractivity contribution < 1.29 is 16.0 Å². The molecule has 1 N–H and O–H groups in total. The predicted molar refractivity (Wildman–Crippen MR) is 84.4 cm³/mol. The van der Waals surface area contributed by atoms with Crippen LogP contribution < -0.4 is 0 Å². The van der Waals surface area contributed by atoms with Gasteiger partial charge in [0.15, 0.2) is 5.79 Å². The lowest BCUT2D eigenvalue weighted by Crippen LogP contribution is -2.42. The van der Waals surface area contributed by atoms with Crippen LogP contribution in [-0.4, -0.2) is 39.3 Å². The van der Waals surface area contributed by atoms with Crippen LogP contribution in [0.25, 0.3) is 11.3 Å². The molecule has 0 amide bonds. The molecule has 0 atom stereocenters. The van der Waals surface area contributed by atoms with Gasteiger partial charge in [-0.1, -0.05) is 0 Å². The van der Waals surface area contributed by atoms with Gasteiger partial charge in [-0.3, -0.25) is 4.98 Å². The lowest BCUT2D eigenvalue weighted by Gasteiger charge is -2.40. The molecule has 6 nitrogen and oxygen atoms in total. The van der Waals surface area contributed by atoms with Gasteiger partial charge in [-0.15, -0.1) is 0 Å². The molecule has 2 aromatic heterocycles. The van der Waals surface area contributed by atoms with E-state index in [1.807, 2.05) is 24.3 Å². The van der Waals surface area contributed by atoms with Gasteiger partial charge in [0.1, 0.15) is 5.60 Å². The highest BCUT2D eigenvalue weighted by Crippen LogP contribution is 2.44. The smallest absolute Gasteiger partial charge is 0.168 e. The lowest BCUT2D eigenvalue weighted by atomic mass is 9.79. The summed E-state index contributed by atoms with van der Waals surface area (Å²) in [5.74, 6) is -0.480. The van der Waals surface area contributed by atoms with E-state index in [4.69, 9.17) is 9.47 Å². The van der Waals surface area contributed by atoms with E-state index in [0.29, 0.717) is 44.6 Å². The maximum atomic E-state index is 10.9. The molecule has 1 spiro atoms. The van der Waals surface area contributed by atoms with E-state index in [9.17, 15) is 5.11 Å². The summed E-state index contributed by atoms with van der Waals surface area (Å²) >= 11 is 0. The average Bonchev–Trinajstić information content (AvgIpc) is 3.08. The molecule has 2 aromatic rings. The van der Waals surface area contributed by atoms with Crippen molar-refractivity contribution in [3.05, 3.63) is 42.4 Å². The molecule has 0 unspecified atom stereocenters. The summed E-state index contributed by atoms with van der Waals surface area (Å²) in [4.78, 5) is 4.47. The highest BCUT2D eigenvalue weighted by atomic mass is 16.7. The molecule has 0 aromatic carbocycles. The number of pyridine rings is 1. The number of ether oxygens (including phenoxy) is 2. The Morgan fingerprint density at radius 2 is 1.83 bits per heavy atom. The summed E-state index contributed by atoms with van der Waals surface area (Å²) in [5, 5.41) is 18.9. The summed E-state index contributed by atoms with van der Waals surface area (Å²) in [6.07, 6.45) is 5.94. The van der Waals surface area contributed by atoms with E-state index in [1.165, 1.54) is 0 Å². The van der Waals surface area contributed by atoms with Crippen LogP contribution in [0.4, 0.5) is 0 Å². The minimum absolute atomic E-state index is 0. The Morgan fingerprint density at radius 1 is 1.04 bits per heavy atom. The Labute approximate surface area is 136 Å². The zero-order valence-corrected chi connectivity index (χ0v) is 12.8. The second-order valence-corrected chi connectivity index (χ2v) is 6.18. The van der Waals surface area contributed by atoms with Crippen LogP contribution in [-0.2, 0) is 15.1 Å². The second kappa shape index (κ2) is 5.63. The van der Waals surface area contributed by atoms with Crippen LogP contribution in [0.5, 0.6) is 0 Å². The summed E-state index contributed by atoms with van der Waals surface area (Å²) in [5.41, 5.74) is 1.44. The highest BCUT2D eigenvalue weighted by molar-refractivity contribution is 5.56. The zero-order valence-electron chi connectivity index (χ0n) is 12.8. The lowest BCUT2D eigenvalue weighted by molar-refractivity contribution is -0.204. The Hall–Kier alpha value is -1.89. The van der Waals surface area contributed by atoms with Gasteiger partial charge in [0.05, 0.1) is 24.6 Å². The number of nitrogens with zero attached hydrogens (tertiary/aromatic N) is 3. The van der Waals surface area contributed by atoms with Crippen LogP contribution >= 0.6 is 0 Å². The first-order valence-electron chi connectivity index (χ1n) is 7.94. The number of aromatic nitrogens is 3. The monoisotopic (exact) mass is 315 g/mol. The minimum Gasteiger partial charge on any atom is -0.384 e. The summed E-state index contributed by atoms with van der Waals surface area (Å²) in [6.45, 7) is 1.28. The molecule has 2 fully saturated rings. The van der Waals surface area contributed by atoms with E-state index in [0.717, 1.165) is 11.3 Å². The van der Waals surface area contributed by atoms with Crippen LogP contribution in [0.2, 0.25) is 0 Å². The van der Waals surface area contributed by atoms with Gasteiger partial charge in [0.25, 0.3) is 0 Å². The van der Waals surface area contributed by atoms with Gasteiger partial charge in [-0.2, -0.15) is 10.2 Å². The van der Waals surface area contributed by atoms with Gasteiger partial charge in [0.2, 0.25) is 0 Å². The number of hydrogen-bond donors (Lipinski definition) is 1. The van der Waals surface area contributed by atoms with Gasteiger partial charge in [0, 0.05) is 32.2 Å². The largest absolute Gasteiger partial charge is 0.384 e. The van der Waals surface area contributed by atoms with Crippen molar-refractivity contribution in [3.8, 4) is 11.3 Å². The maximum Gasteiger partial charge on any atom is 0.168 e. The van der Waals surface area contributed by atoms with Crippen LogP contribution in [0.1, 0.15) is 32.8 Å². The molecule has 0 bridgehead atoms. The standard InChI is InChI=1S/C17H19N3O3.H2/c21-16(5-7-17(8-6-16)22-10-11-23-17)15-4-3-13(12-18-15)14-2-1-9-19-20-14;/h1-4,9,12,21H,5-8,10-11H2;1H. The Bertz CT molecular complexity index is 665. The van der Waals surface area contributed by atoms with Crippen molar-refractivity contribution in [3.63, 3.8) is 0 Å². The van der Waals surface area contributed by atoms with Gasteiger partial charge in [-0.05, 0) is 37.1 Å². The summed E-state index contributed by atoms with van der Waals surface area (Å²) in [6, 6.07) is 7.53. The number of hydrogen-bond acceptors (Lipinski definition) is 6. The molecule has 0 radical (unpaired) electrons. The summed E-state index contributed by atoms with van der Waals surface area (Å²) in [7, 11) is 0. The van der Waals surface area contributed by atoms with Crippen molar-refractivity contribution in [1.82, 2.24) is 15.2 Å². The van der Waals surface area contributed by atoms with E-state index in [1.54, 1.807) is 12.4 Å². The third-order valence-corrected chi connectivity index (χ3v) is 4.76. The molecule has 1 aliphatic carbocycles. The Kier molecular flexibility index (Phi) is 3.60. The molecule has 1 saturated heterocycles. The molecular weight excluding hydrogens is 294 g/mol. The van der Waals surface area contributed by atoms with E-state index < -0.39 is 11.4 Å². The average molecular weight is 315 g/mol. The third kappa shape index (κ3) is 2.73. The van der Waals surface area contributed by atoms with Crippen molar-refractivity contribution in [1.29, 1.82) is 0 Å². The fraction of sp³-hybridized carbons (Fsp3) is 0.471. The van der Waals surface area contributed by atoms with E-state index in [-0.39, 0.29) is 1.43 Å². The quantitative estimate of drug-likeness (QED) is 0.916. The molecule has 6 heteroatoms. The van der Waals surface area contributed by atoms with E-state index >= 15 is 0 Å². The predicted octanol–water partition coefficient (Wildman–Crippen LogP) is 2.29. The van der Waals surface area contributed by atoms with Gasteiger partial charge >= 0.3 is 0 Å². The first-order chi connectivity index (χ1) is 11.2. The first-order valence-corrected chi connectivity index (χ1v) is 7.94. The molecule has 3 heterocycles. The normalized spacial score (nSPS) is 22.3. The van der Waals surface area contributed by atoms with Crippen molar-refractivity contribution in [2.24, 2.45) is 0 Å². The van der Waals surface area contributed by atoms with Crippen LogP contribution in [0.15, 0.2) is 36.7 Å². The number of rotatable bonds is 2. The molecule has 2 aliphatic rings. The van der Waals surface area contributed by atoms with Gasteiger partial charge in [-0.25, -0.2) is 0 Å². The molecule has 122 valence electrons. The van der Waals surface area contributed by atoms with E-state index in [2.05, 4.69) is 15.2 Å². The van der Waals surface area contributed by atoms with Crippen molar-refractivity contribution in [2.45, 2.75) is 37.1 Å². The zero-order chi connectivity index (χ0) is 15.8. The Balaban J connectivity index is 0.00000169. The number of aliphatic hydroxyl groups is 1. The molecule has 23 heavy (non-hydrogen) atoms. The van der Waals surface area contributed by atoms with Crippen LogP contribution in [0, 0.1) is 0 Å². The van der Waals surface area contributed by atoms with Crippen LogP contribution in [0.3, 0.4) is 0 Å². The summed E-state index contributed by atoms with van der Waals surface area (Å²) < 4.78 is 11.4. The maximum absolute atomic E-state index is 10.9. The van der Waals surface area contributed by atoms with Crippen molar-refractivity contribution in [2.75, 3.05) is 13.2 Å². The minimum atomic E-state index is -0.915. The Morgan fingerprint density at radius 3 is 2.43 bits per heavy atom. The molecule has 1 saturated carbocycles. The molecule has 1 aliphatic heterocycles. The fourth-order valence-corrected chi connectivity index (χ4v) is 3.36. The molecular formula is C17H21N3O3. The van der Waals surface area contributed by atoms with Gasteiger partial charge < -0.3 is 14.6 Å². The second-order valence-electron chi connectivity index (χ2n) is 6.18.